The number of para-hydroxylation sites is 1. The Morgan fingerprint density at radius 2 is 1.86 bits per heavy atom. The molecule has 0 aliphatic rings. The molecule has 1 heterocycles. The van der Waals surface area contributed by atoms with Gasteiger partial charge in [0.2, 0.25) is 0 Å². The molecule has 0 bridgehead atoms. The maximum Gasteiger partial charge on any atom is 0.299 e. The normalized spacial score (nSPS) is 10.5. The average molecular weight is 296 g/mol. The van der Waals surface area contributed by atoms with Crippen LogP contribution in [0.15, 0.2) is 59.1 Å². The van der Waals surface area contributed by atoms with Gasteiger partial charge in [0.1, 0.15) is 5.82 Å². The lowest BCUT2D eigenvalue weighted by atomic mass is 10.1. The van der Waals surface area contributed by atoms with Crippen molar-refractivity contribution in [1.29, 1.82) is 0 Å². The molecule has 1 N–H and O–H groups in total. The zero-order valence-corrected chi connectivity index (χ0v) is 11.8. The van der Waals surface area contributed by atoms with E-state index >= 15 is 0 Å². The number of anilines is 2. The molecule has 1 aromatic heterocycles. The molecule has 0 fully saturated rings. The molecule has 2 aromatic carbocycles. The summed E-state index contributed by atoms with van der Waals surface area (Å²) in [6, 6.07) is 13.5. The summed E-state index contributed by atoms with van der Waals surface area (Å²) in [6.45, 7) is 1.51. The van der Waals surface area contributed by atoms with Gasteiger partial charge in [0.15, 0.2) is 11.5 Å². The Bertz CT molecular complexity index is 810. The highest BCUT2D eigenvalue weighted by Gasteiger charge is 2.09. The third-order valence-electron chi connectivity index (χ3n) is 3.20. The lowest BCUT2D eigenvalue weighted by Gasteiger charge is -2.02. The lowest BCUT2D eigenvalue weighted by Crippen LogP contribution is -1.92. The summed E-state index contributed by atoms with van der Waals surface area (Å²) in [5, 5.41) is 2.79. The number of ketones is 1. The first-order chi connectivity index (χ1) is 10.6. The fourth-order valence-electron chi connectivity index (χ4n) is 2.01. The van der Waals surface area contributed by atoms with E-state index < -0.39 is 0 Å². The first kappa shape index (κ1) is 14.0. The largest absolute Gasteiger partial charge is 0.423 e. The van der Waals surface area contributed by atoms with Crippen molar-refractivity contribution in [2.75, 3.05) is 5.32 Å². The minimum Gasteiger partial charge on any atom is -0.423 e. The van der Waals surface area contributed by atoms with Gasteiger partial charge >= 0.3 is 0 Å². The molecule has 3 aromatic rings. The van der Waals surface area contributed by atoms with Crippen molar-refractivity contribution in [3.63, 3.8) is 0 Å². The van der Waals surface area contributed by atoms with Crippen LogP contribution < -0.4 is 5.32 Å². The number of aromatic nitrogens is 1. The predicted octanol–water partition coefficient (Wildman–Crippen LogP) is 4.43. The summed E-state index contributed by atoms with van der Waals surface area (Å²) in [6.07, 6.45) is 1.55. The Morgan fingerprint density at radius 3 is 2.55 bits per heavy atom. The van der Waals surface area contributed by atoms with E-state index in [0.29, 0.717) is 17.0 Å². The minimum atomic E-state index is -0.381. The van der Waals surface area contributed by atoms with Crippen LogP contribution in [0.4, 0.5) is 16.1 Å². The van der Waals surface area contributed by atoms with Gasteiger partial charge in [-0.15, -0.1) is 0 Å². The molecular weight excluding hydrogens is 283 g/mol. The van der Waals surface area contributed by atoms with Crippen LogP contribution in [0, 0.1) is 5.82 Å². The van der Waals surface area contributed by atoms with Gasteiger partial charge in [-0.05, 0) is 19.1 Å². The number of Topliss-reactive ketones (excluding diaryl/α,β-unsaturated/α-hetero) is 1. The van der Waals surface area contributed by atoms with Crippen LogP contribution in [0.5, 0.6) is 0 Å². The van der Waals surface area contributed by atoms with Crippen LogP contribution in [0.3, 0.4) is 0 Å². The van der Waals surface area contributed by atoms with Crippen LogP contribution in [-0.2, 0) is 0 Å². The second kappa shape index (κ2) is 5.81. The van der Waals surface area contributed by atoms with E-state index in [-0.39, 0.29) is 17.6 Å². The molecule has 0 atom stereocenters. The first-order valence-corrected chi connectivity index (χ1v) is 6.72. The van der Waals surface area contributed by atoms with Crippen molar-refractivity contribution in [1.82, 2.24) is 4.98 Å². The zero-order valence-electron chi connectivity index (χ0n) is 11.8. The SMILES string of the molecule is CC(=O)c1ccc(-c2cnc(Nc3ccccc3F)o2)cc1. The van der Waals surface area contributed by atoms with E-state index in [2.05, 4.69) is 10.3 Å². The molecule has 4 nitrogen and oxygen atoms in total. The summed E-state index contributed by atoms with van der Waals surface area (Å²) < 4.78 is 19.1. The molecule has 0 amide bonds. The Morgan fingerprint density at radius 1 is 1.14 bits per heavy atom. The molecule has 0 radical (unpaired) electrons. The molecule has 110 valence electrons. The Hall–Kier alpha value is -2.95. The van der Waals surface area contributed by atoms with Gasteiger partial charge in [0.05, 0.1) is 11.9 Å². The van der Waals surface area contributed by atoms with Crippen LogP contribution in [0.1, 0.15) is 17.3 Å². The molecule has 0 saturated heterocycles. The van der Waals surface area contributed by atoms with Gasteiger partial charge in [-0.3, -0.25) is 4.79 Å². The second-order valence-electron chi connectivity index (χ2n) is 4.77. The van der Waals surface area contributed by atoms with Crippen molar-refractivity contribution in [3.8, 4) is 11.3 Å². The molecule has 0 aliphatic carbocycles. The molecule has 0 aliphatic heterocycles. The molecule has 0 unspecified atom stereocenters. The van der Waals surface area contributed by atoms with Crippen molar-refractivity contribution < 1.29 is 13.6 Å². The third kappa shape index (κ3) is 2.88. The summed E-state index contributed by atoms with van der Waals surface area (Å²) in [5.41, 5.74) is 1.72. The van der Waals surface area contributed by atoms with Crippen LogP contribution >= 0.6 is 0 Å². The third-order valence-corrected chi connectivity index (χ3v) is 3.20. The molecule has 3 rings (SSSR count). The van der Waals surface area contributed by atoms with Gasteiger partial charge in [0, 0.05) is 11.1 Å². The highest BCUT2D eigenvalue weighted by atomic mass is 19.1. The summed E-state index contributed by atoms with van der Waals surface area (Å²) >= 11 is 0. The highest BCUT2D eigenvalue weighted by Crippen LogP contribution is 2.25. The van der Waals surface area contributed by atoms with Crippen molar-refractivity contribution in [3.05, 3.63) is 66.1 Å². The van der Waals surface area contributed by atoms with Gasteiger partial charge < -0.3 is 9.73 Å². The van der Waals surface area contributed by atoms with Crippen molar-refractivity contribution in [2.45, 2.75) is 6.92 Å². The van der Waals surface area contributed by atoms with E-state index in [1.165, 1.54) is 13.0 Å². The predicted molar refractivity (Wildman–Crippen MR) is 81.6 cm³/mol. The Balaban J connectivity index is 1.81. The van der Waals surface area contributed by atoms with E-state index in [1.54, 1.807) is 48.7 Å². The first-order valence-electron chi connectivity index (χ1n) is 6.72. The van der Waals surface area contributed by atoms with Gasteiger partial charge in [-0.1, -0.05) is 36.4 Å². The number of nitrogens with one attached hydrogen (secondary N) is 1. The number of rotatable bonds is 4. The number of hydrogen-bond acceptors (Lipinski definition) is 4. The van der Waals surface area contributed by atoms with Gasteiger partial charge in [-0.25, -0.2) is 9.37 Å². The standard InChI is InChI=1S/C17H13FN2O2/c1-11(21)12-6-8-13(9-7-12)16-10-19-17(22-16)20-15-5-3-2-4-14(15)18/h2-10H,1H3,(H,19,20). The number of halogens is 1. The number of carbonyl (C=O) groups is 1. The topological polar surface area (TPSA) is 55.1 Å². The molecule has 5 heteroatoms. The smallest absolute Gasteiger partial charge is 0.299 e. The number of hydrogen-bond donors (Lipinski definition) is 1. The lowest BCUT2D eigenvalue weighted by molar-refractivity contribution is 0.101. The Labute approximate surface area is 126 Å². The van der Waals surface area contributed by atoms with Gasteiger partial charge in [0.25, 0.3) is 6.01 Å². The number of carbonyl (C=O) groups excluding carboxylic acids is 1. The molecule has 0 spiro atoms. The van der Waals surface area contributed by atoms with Crippen LogP contribution in [-0.4, -0.2) is 10.8 Å². The maximum atomic E-state index is 13.6. The molecule has 0 saturated carbocycles. The fourth-order valence-corrected chi connectivity index (χ4v) is 2.01. The highest BCUT2D eigenvalue weighted by molar-refractivity contribution is 5.94. The summed E-state index contributed by atoms with van der Waals surface area (Å²) in [4.78, 5) is 15.3. The van der Waals surface area contributed by atoms with Crippen LogP contribution in [0.2, 0.25) is 0 Å². The number of oxazole rings is 1. The van der Waals surface area contributed by atoms with Gasteiger partial charge in [-0.2, -0.15) is 0 Å². The second-order valence-corrected chi connectivity index (χ2v) is 4.77. The quantitative estimate of drug-likeness (QED) is 0.724. The molecule has 22 heavy (non-hydrogen) atoms. The summed E-state index contributed by atoms with van der Waals surface area (Å²) in [7, 11) is 0. The molecular formula is C17H13FN2O2. The monoisotopic (exact) mass is 296 g/mol. The van der Waals surface area contributed by atoms with Crippen LogP contribution in [0.25, 0.3) is 11.3 Å². The number of benzene rings is 2. The van der Waals surface area contributed by atoms with E-state index in [1.807, 2.05) is 0 Å². The van der Waals surface area contributed by atoms with Crippen molar-refractivity contribution >= 4 is 17.5 Å². The van der Waals surface area contributed by atoms with Crippen molar-refractivity contribution in [2.24, 2.45) is 0 Å². The maximum absolute atomic E-state index is 13.6. The fraction of sp³-hybridized carbons (Fsp3) is 0.0588. The average Bonchev–Trinajstić information content (AvgIpc) is 2.98. The van der Waals surface area contributed by atoms with E-state index in [4.69, 9.17) is 4.42 Å². The summed E-state index contributed by atoms with van der Waals surface area (Å²) in [5.74, 6) is 0.160. The Kier molecular flexibility index (Phi) is 3.70. The van der Waals surface area contributed by atoms with E-state index in [9.17, 15) is 9.18 Å². The number of nitrogens with zero attached hydrogens (tertiary/aromatic N) is 1. The van der Waals surface area contributed by atoms with E-state index in [0.717, 1.165) is 5.56 Å². The minimum absolute atomic E-state index is 0.00558. The zero-order chi connectivity index (χ0) is 15.5.